The summed E-state index contributed by atoms with van der Waals surface area (Å²) in [6, 6.07) is 0. The molecular weight excluding hydrogens is 140 g/mol. The molecule has 0 aliphatic rings. The zero-order valence-electron chi connectivity index (χ0n) is 7.05. The van der Waals surface area contributed by atoms with Gasteiger partial charge < -0.3 is 4.74 Å². The van der Waals surface area contributed by atoms with E-state index in [4.69, 9.17) is 0 Å². The van der Waals surface area contributed by atoms with E-state index < -0.39 is 0 Å². The second-order valence-electron chi connectivity index (χ2n) is 2.33. The van der Waals surface area contributed by atoms with Crippen LogP contribution < -0.4 is 0 Å². The molecule has 0 saturated carbocycles. The Kier molecular flexibility index (Phi) is 4.93. The van der Waals surface area contributed by atoms with E-state index in [0.717, 1.165) is 0 Å². The van der Waals surface area contributed by atoms with Crippen LogP contribution in [0.4, 0.5) is 0 Å². The van der Waals surface area contributed by atoms with Gasteiger partial charge in [-0.15, -0.1) is 0 Å². The van der Waals surface area contributed by atoms with Crippen LogP contribution in [0.2, 0.25) is 0 Å². The van der Waals surface area contributed by atoms with Crippen molar-refractivity contribution in [2.45, 2.75) is 13.8 Å². The van der Waals surface area contributed by atoms with E-state index in [1.165, 1.54) is 19.4 Å². The molecule has 0 spiro atoms. The highest BCUT2D eigenvalue weighted by molar-refractivity contribution is 5.97. The van der Waals surface area contributed by atoms with Crippen LogP contribution in [0.5, 0.6) is 0 Å². The molecule has 0 aromatic rings. The number of Topliss-reactive ketones (excluding diaryl/α,β-unsaturated/α-hetero) is 1. The minimum atomic E-state index is -0.0502. The van der Waals surface area contributed by atoms with Crippen molar-refractivity contribution in [3.63, 3.8) is 0 Å². The fourth-order valence-corrected chi connectivity index (χ4v) is 0.359. The molecule has 2 heteroatoms. The van der Waals surface area contributed by atoms with E-state index in [1.54, 1.807) is 0 Å². The number of carbonyl (C=O) groups excluding carboxylic acids is 1. The van der Waals surface area contributed by atoms with Crippen LogP contribution in [0, 0.1) is 17.8 Å². The maximum atomic E-state index is 10.9. The first-order valence-corrected chi connectivity index (χ1v) is 3.41. The molecule has 0 aliphatic heterocycles. The van der Waals surface area contributed by atoms with E-state index in [2.05, 4.69) is 16.6 Å². The summed E-state index contributed by atoms with van der Waals surface area (Å²) in [7, 11) is 1.53. The number of rotatable bonds is 2. The Balaban J connectivity index is 3.88. The molecule has 0 N–H and O–H groups in total. The lowest BCUT2D eigenvalue weighted by molar-refractivity contribution is -0.116. The highest BCUT2D eigenvalue weighted by atomic mass is 16.5. The van der Waals surface area contributed by atoms with Gasteiger partial charge >= 0.3 is 0 Å². The van der Waals surface area contributed by atoms with Crippen molar-refractivity contribution in [2.24, 2.45) is 5.92 Å². The topological polar surface area (TPSA) is 26.3 Å². The predicted molar refractivity (Wildman–Crippen MR) is 43.8 cm³/mol. The van der Waals surface area contributed by atoms with Crippen molar-refractivity contribution in [2.75, 3.05) is 7.11 Å². The number of hydrogen-bond acceptors (Lipinski definition) is 2. The molecule has 0 atom stereocenters. The minimum Gasteiger partial charge on any atom is -0.504 e. The molecule has 0 aromatic heterocycles. The lowest BCUT2D eigenvalue weighted by Crippen LogP contribution is -2.02. The summed E-state index contributed by atoms with van der Waals surface area (Å²) in [6.07, 6.45) is 2.93. The molecule has 0 fully saturated rings. The van der Waals surface area contributed by atoms with Gasteiger partial charge in [0.15, 0.2) is 0 Å². The van der Waals surface area contributed by atoms with Crippen LogP contribution in [0.25, 0.3) is 0 Å². The van der Waals surface area contributed by atoms with E-state index >= 15 is 0 Å². The van der Waals surface area contributed by atoms with Crippen LogP contribution in [-0.2, 0) is 9.53 Å². The summed E-state index contributed by atoms with van der Waals surface area (Å²) >= 11 is 0. The Labute approximate surface area is 67.2 Å². The first-order chi connectivity index (χ1) is 5.18. The van der Waals surface area contributed by atoms with Gasteiger partial charge in [-0.1, -0.05) is 19.8 Å². The van der Waals surface area contributed by atoms with Gasteiger partial charge in [0.05, 0.1) is 13.4 Å². The smallest absolute Gasteiger partial charge is 0.208 e. The number of carbonyl (C=O) groups is 1. The Hall–Kier alpha value is -1.23. The highest BCUT2D eigenvalue weighted by Gasteiger charge is 2.00. The van der Waals surface area contributed by atoms with E-state index in [9.17, 15) is 4.79 Å². The highest BCUT2D eigenvalue weighted by Crippen LogP contribution is 1.91. The second kappa shape index (κ2) is 5.55. The number of methoxy groups -OCH3 is 1. The van der Waals surface area contributed by atoms with Gasteiger partial charge in [-0.3, -0.25) is 4.79 Å². The first-order valence-electron chi connectivity index (χ1n) is 3.41. The van der Waals surface area contributed by atoms with Crippen LogP contribution in [0.3, 0.4) is 0 Å². The Morgan fingerprint density at radius 2 is 2.18 bits per heavy atom. The van der Waals surface area contributed by atoms with E-state index in [1.807, 2.05) is 13.8 Å². The number of ketones is 1. The fourth-order valence-electron chi connectivity index (χ4n) is 0.359. The van der Waals surface area contributed by atoms with Crippen molar-refractivity contribution >= 4 is 5.78 Å². The molecule has 2 nitrogen and oxygen atoms in total. The largest absolute Gasteiger partial charge is 0.504 e. The third-order valence-corrected chi connectivity index (χ3v) is 1.01. The molecular formula is C9H12O2. The quantitative estimate of drug-likeness (QED) is 0.339. The van der Waals surface area contributed by atoms with Crippen LogP contribution in [0.1, 0.15) is 13.8 Å². The Bertz CT molecular complexity index is 203. The molecule has 0 bridgehead atoms. The predicted octanol–water partition coefficient (Wildman–Crippen LogP) is 1.38. The summed E-state index contributed by atoms with van der Waals surface area (Å²) in [5.41, 5.74) is 0. The molecule has 60 valence electrons. The molecule has 0 rings (SSSR count). The van der Waals surface area contributed by atoms with Gasteiger partial charge in [-0.25, -0.2) is 0 Å². The number of allylic oxidation sites excluding steroid dienone is 1. The molecule has 0 amide bonds. The maximum absolute atomic E-state index is 10.9. The average Bonchev–Trinajstić information content (AvgIpc) is 1.97. The number of hydrogen-bond donors (Lipinski definition) is 0. The fraction of sp³-hybridized carbons (Fsp3) is 0.444. The zero-order chi connectivity index (χ0) is 8.69. The summed E-state index contributed by atoms with van der Waals surface area (Å²) in [6.45, 7) is 3.63. The normalized spacial score (nSPS) is 9.45. The molecule has 0 heterocycles. The van der Waals surface area contributed by atoms with Crippen molar-refractivity contribution in [3.05, 3.63) is 12.3 Å². The van der Waals surface area contributed by atoms with E-state index in [0.29, 0.717) is 0 Å². The van der Waals surface area contributed by atoms with Gasteiger partial charge in [-0.05, 0) is 5.92 Å². The first kappa shape index (κ1) is 9.77. The average molecular weight is 152 g/mol. The van der Waals surface area contributed by atoms with Gasteiger partial charge in [0.1, 0.15) is 0 Å². The molecule has 0 aliphatic carbocycles. The summed E-state index contributed by atoms with van der Waals surface area (Å²) in [5, 5.41) is 0. The molecule has 0 saturated heterocycles. The lowest BCUT2D eigenvalue weighted by Gasteiger charge is -1.91. The van der Waals surface area contributed by atoms with Crippen molar-refractivity contribution < 1.29 is 9.53 Å². The SMILES string of the molecule is CO/C=C/C#CC(=O)C(C)C. The van der Waals surface area contributed by atoms with Gasteiger partial charge in [-0.2, -0.15) is 0 Å². The van der Waals surface area contributed by atoms with Crippen molar-refractivity contribution in [3.8, 4) is 11.8 Å². The van der Waals surface area contributed by atoms with Crippen LogP contribution in [0.15, 0.2) is 12.3 Å². The summed E-state index contributed by atoms with van der Waals surface area (Å²) in [4.78, 5) is 10.9. The molecule has 0 aromatic carbocycles. The summed E-state index contributed by atoms with van der Waals surface area (Å²) in [5.74, 6) is 4.96. The third kappa shape index (κ3) is 5.23. The third-order valence-electron chi connectivity index (χ3n) is 1.01. The van der Waals surface area contributed by atoms with Gasteiger partial charge in [0.25, 0.3) is 0 Å². The maximum Gasteiger partial charge on any atom is 0.208 e. The molecule has 11 heavy (non-hydrogen) atoms. The summed E-state index contributed by atoms with van der Waals surface area (Å²) < 4.78 is 4.59. The molecule has 0 radical (unpaired) electrons. The zero-order valence-corrected chi connectivity index (χ0v) is 7.05. The van der Waals surface area contributed by atoms with Crippen LogP contribution >= 0.6 is 0 Å². The van der Waals surface area contributed by atoms with Crippen molar-refractivity contribution in [1.29, 1.82) is 0 Å². The second-order valence-corrected chi connectivity index (χ2v) is 2.33. The Morgan fingerprint density at radius 1 is 1.55 bits per heavy atom. The minimum absolute atomic E-state index is 0.0153. The van der Waals surface area contributed by atoms with Gasteiger partial charge in [0, 0.05) is 12.0 Å². The standard InChI is InChI=1S/C9H12O2/c1-8(2)9(10)6-4-5-7-11-3/h5,7-8H,1-3H3/b7-5+. The van der Waals surface area contributed by atoms with Crippen LogP contribution in [-0.4, -0.2) is 12.9 Å². The van der Waals surface area contributed by atoms with Crippen molar-refractivity contribution in [1.82, 2.24) is 0 Å². The molecule has 0 unspecified atom stereocenters. The van der Waals surface area contributed by atoms with Gasteiger partial charge in [0.2, 0.25) is 5.78 Å². The lowest BCUT2D eigenvalue weighted by atomic mass is 10.1. The monoisotopic (exact) mass is 152 g/mol. The number of ether oxygens (including phenoxy) is 1. The van der Waals surface area contributed by atoms with E-state index in [-0.39, 0.29) is 11.7 Å². The Morgan fingerprint density at radius 3 is 2.64 bits per heavy atom.